The normalized spacial score (nSPS) is 10.7. The van der Waals surface area contributed by atoms with Crippen LogP contribution in [0.5, 0.6) is 0 Å². The summed E-state index contributed by atoms with van der Waals surface area (Å²) in [4.78, 5) is 29.0. The maximum Gasteiger partial charge on any atom is 0.328 e. The number of halogens is 1. The van der Waals surface area contributed by atoms with E-state index in [1.165, 1.54) is 10.8 Å². The van der Waals surface area contributed by atoms with Crippen molar-refractivity contribution in [3.63, 3.8) is 0 Å². The molecule has 90 valence electrons. The predicted octanol–water partition coefficient (Wildman–Crippen LogP) is 0.504. The third kappa shape index (κ3) is 2.55. The number of imidazole rings is 1. The van der Waals surface area contributed by atoms with Gasteiger partial charge in [-0.1, -0.05) is 0 Å². The fourth-order valence-corrected chi connectivity index (χ4v) is 1.85. The molecule has 0 atom stereocenters. The molecule has 0 aliphatic heterocycles. The molecule has 0 bridgehead atoms. The summed E-state index contributed by atoms with van der Waals surface area (Å²) >= 11 is 3.09. The van der Waals surface area contributed by atoms with Gasteiger partial charge in [-0.3, -0.25) is 14.3 Å². The molecule has 0 amide bonds. The van der Waals surface area contributed by atoms with E-state index in [2.05, 4.69) is 25.9 Å². The van der Waals surface area contributed by atoms with Gasteiger partial charge in [-0.2, -0.15) is 0 Å². The van der Waals surface area contributed by atoms with Crippen LogP contribution >= 0.6 is 15.9 Å². The molecule has 2 aromatic rings. The molecule has 1 N–H and O–H groups in total. The molecule has 17 heavy (non-hydrogen) atoms. The Bertz CT molecular complexity index is 640. The van der Waals surface area contributed by atoms with Crippen LogP contribution in [0.4, 0.5) is 0 Å². The molecular formula is C10H11BrN4O2. The Morgan fingerprint density at radius 1 is 1.35 bits per heavy atom. The van der Waals surface area contributed by atoms with Gasteiger partial charge in [0.05, 0.1) is 4.47 Å². The van der Waals surface area contributed by atoms with Crippen LogP contribution in [0.15, 0.2) is 32.7 Å². The monoisotopic (exact) mass is 298 g/mol. The van der Waals surface area contributed by atoms with Gasteiger partial charge in [0.15, 0.2) is 0 Å². The summed E-state index contributed by atoms with van der Waals surface area (Å²) in [6, 6.07) is 0. The van der Waals surface area contributed by atoms with Gasteiger partial charge >= 0.3 is 5.69 Å². The number of nitrogens with zero attached hydrogens (tertiary/aromatic N) is 3. The van der Waals surface area contributed by atoms with E-state index in [4.69, 9.17) is 0 Å². The van der Waals surface area contributed by atoms with Gasteiger partial charge in [0.1, 0.15) is 5.82 Å². The van der Waals surface area contributed by atoms with Crippen LogP contribution < -0.4 is 11.2 Å². The quantitative estimate of drug-likeness (QED) is 0.897. The SMILES string of the molecule is Cc1nccn1CCn1cc(Br)c(=O)[nH]c1=O. The maximum atomic E-state index is 11.5. The van der Waals surface area contributed by atoms with Gasteiger partial charge in [0, 0.05) is 31.7 Å². The fraction of sp³-hybridized carbons (Fsp3) is 0.300. The van der Waals surface area contributed by atoms with E-state index in [0.717, 1.165) is 5.82 Å². The molecule has 0 radical (unpaired) electrons. The van der Waals surface area contributed by atoms with Gasteiger partial charge in [-0.05, 0) is 22.9 Å². The molecule has 2 aromatic heterocycles. The van der Waals surface area contributed by atoms with Crippen LogP contribution in [0, 0.1) is 6.92 Å². The molecular weight excluding hydrogens is 288 g/mol. The van der Waals surface area contributed by atoms with Crippen molar-refractivity contribution in [2.75, 3.05) is 0 Å². The molecule has 2 heterocycles. The van der Waals surface area contributed by atoms with Crippen LogP contribution in [0.2, 0.25) is 0 Å². The minimum atomic E-state index is -0.412. The Hall–Kier alpha value is -1.63. The fourth-order valence-electron chi connectivity index (χ4n) is 1.50. The first-order valence-corrected chi connectivity index (χ1v) is 5.84. The standard InChI is InChI=1S/C10H11BrN4O2/c1-7-12-2-3-14(7)4-5-15-6-8(11)9(16)13-10(15)17/h2-3,6H,4-5H2,1H3,(H,13,16,17). The lowest BCUT2D eigenvalue weighted by Crippen LogP contribution is -2.30. The van der Waals surface area contributed by atoms with Crippen LogP contribution in [-0.2, 0) is 13.1 Å². The average Bonchev–Trinajstić information content (AvgIpc) is 2.68. The number of hydrogen-bond acceptors (Lipinski definition) is 3. The van der Waals surface area contributed by atoms with E-state index in [1.54, 1.807) is 6.20 Å². The smallest absolute Gasteiger partial charge is 0.328 e. The summed E-state index contributed by atoms with van der Waals surface area (Å²) in [5, 5.41) is 0. The van der Waals surface area contributed by atoms with Crippen molar-refractivity contribution in [3.8, 4) is 0 Å². The van der Waals surface area contributed by atoms with Gasteiger partial charge < -0.3 is 4.57 Å². The molecule has 0 aliphatic carbocycles. The van der Waals surface area contributed by atoms with Crippen LogP contribution in [-0.4, -0.2) is 19.1 Å². The summed E-state index contributed by atoms with van der Waals surface area (Å²) in [6.07, 6.45) is 5.05. The highest BCUT2D eigenvalue weighted by molar-refractivity contribution is 9.10. The van der Waals surface area contributed by atoms with Gasteiger partial charge in [0.2, 0.25) is 0 Å². The first kappa shape index (κ1) is 11.8. The molecule has 0 spiro atoms. The molecule has 7 heteroatoms. The van der Waals surface area contributed by atoms with Crippen LogP contribution in [0.25, 0.3) is 0 Å². The molecule has 0 aliphatic rings. The second-order valence-electron chi connectivity index (χ2n) is 3.60. The molecule has 0 saturated heterocycles. The van der Waals surface area contributed by atoms with E-state index in [9.17, 15) is 9.59 Å². The van der Waals surface area contributed by atoms with Crippen molar-refractivity contribution in [3.05, 3.63) is 49.7 Å². The Morgan fingerprint density at radius 3 is 2.71 bits per heavy atom. The first-order valence-electron chi connectivity index (χ1n) is 5.05. The third-order valence-electron chi connectivity index (χ3n) is 2.47. The molecule has 6 nitrogen and oxygen atoms in total. The molecule has 2 rings (SSSR count). The largest absolute Gasteiger partial charge is 0.333 e. The number of H-pyrrole nitrogens is 1. The highest BCUT2D eigenvalue weighted by atomic mass is 79.9. The zero-order chi connectivity index (χ0) is 12.4. The summed E-state index contributed by atoms with van der Waals surface area (Å²) < 4.78 is 3.73. The molecule has 0 unspecified atom stereocenters. The highest BCUT2D eigenvalue weighted by Gasteiger charge is 2.02. The van der Waals surface area contributed by atoms with Crippen molar-refractivity contribution in [2.45, 2.75) is 20.0 Å². The highest BCUT2D eigenvalue weighted by Crippen LogP contribution is 1.99. The minimum Gasteiger partial charge on any atom is -0.333 e. The zero-order valence-corrected chi connectivity index (χ0v) is 10.8. The molecule has 0 aromatic carbocycles. The number of hydrogen-bond donors (Lipinski definition) is 1. The molecule has 0 fully saturated rings. The summed E-state index contributed by atoms with van der Waals surface area (Å²) in [6.45, 7) is 3.00. The lowest BCUT2D eigenvalue weighted by molar-refractivity contribution is 0.544. The van der Waals surface area contributed by atoms with Gasteiger partial charge in [-0.25, -0.2) is 9.78 Å². The topological polar surface area (TPSA) is 72.7 Å². The second-order valence-corrected chi connectivity index (χ2v) is 4.45. The Balaban J connectivity index is 2.20. The third-order valence-corrected chi connectivity index (χ3v) is 3.04. The average molecular weight is 299 g/mol. The van der Waals surface area contributed by atoms with E-state index < -0.39 is 11.2 Å². The number of aromatic amines is 1. The maximum absolute atomic E-state index is 11.5. The van der Waals surface area contributed by atoms with Crippen molar-refractivity contribution in [1.29, 1.82) is 0 Å². The summed E-state index contributed by atoms with van der Waals surface area (Å²) in [5.41, 5.74) is -0.818. The predicted molar refractivity (Wildman–Crippen MR) is 66.0 cm³/mol. The van der Waals surface area contributed by atoms with E-state index >= 15 is 0 Å². The van der Waals surface area contributed by atoms with Crippen molar-refractivity contribution >= 4 is 15.9 Å². The first-order chi connectivity index (χ1) is 8.08. The van der Waals surface area contributed by atoms with E-state index in [0.29, 0.717) is 17.6 Å². The minimum absolute atomic E-state index is 0.347. The zero-order valence-electron chi connectivity index (χ0n) is 9.18. The van der Waals surface area contributed by atoms with Gasteiger partial charge in [0.25, 0.3) is 5.56 Å². The van der Waals surface area contributed by atoms with Gasteiger partial charge in [-0.15, -0.1) is 0 Å². The van der Waals surface area contributed by atoms with Crippen molar-refractivity contribution < 1.29 is 0 Å². The number of rotatable bonds is 3. The van der Waals surface area contributed by atoms with Crippen molar-refractivity contribution in [1.82, 2.24) is 19.1 Å². The number of aromatic nitrogens is 4. The lowest BCUT2D eigenvalue weighted by atomic mass is 10.5. The lowest BCUT2D eigenvalue weighted by Gasteiger charge is -2.07. The summed E-state index contributed by atoms with van der Waals surface area (Å²) in [7, 11) is 0. The Morgan fingerprint density at radius 2 is 2.06 bits per heavy atom. The second kappa shape index (κ2) is 4.70. The van der Waals surface area contributed by atoms with Crippen molar-refractivity contribution in [2.24, 2.45) is 0 Å². The van der Waals surface area contributed by atoms with E-state index in [-0.39, 0.29) is 0 Å². The number of nitrogens with one attached hydrogen (secondary N) is 1. The Labute approximate surface area is 105 Å². The summed E-state index contributed by atoms with van der Waals surface area (Å²) in [5.74, 6) is 0.890. The van der Waals surface area contributed by atoms with Crippen LogP contribution in [0.1, 0.15) is 5.82 Å². The number of aryl methyl sites for hydroxylation is 3. The molecule has 0 saturated carbocycles. The Kier molecular flexibility index (Phi) is 3.28. The van der Waals surface area contributed by atoms with Crippen LogP contribution in [0.3, 0.4) is 0 Å². The van der Waals surface area contributed by atoms with E-state index in [1.807, 2.05) is 17.7 Å².